The molecule has 0 aromatic carbocycles. The normalized spacial score (nSPS) is 46.9. The summed E-state index contributed by atoms with van der Waals surface area (Å²) in [7, 11) is 0. The first kappa shape index (κ1) is 20.3. The fraction of sp³-hybridized carbons (Fsp3) is 0.679. The Kier molecular flexibility index (Phi) is 3.94. The highest BCUT2D eigenvalue weighted by molar-refractivity contribution is 6.05. The van der Waals surface area contributed by atoms with Crippen LogP contribution in [0.5, 0.6) is 0 Å². The van der Waals surface area contributed by atoms with Crippen molar-refractivity contribution in [2.24, 2.45) is 33.0 Å². The average molecular weight is 407 g/mol. The topological polar surface area (TPSA) is 37.3 Å². The third-order valence-corrected chi connectivity index (χ3v) is 10.7. The minimum absolute atomic E-state index is 0.108. The maximum absolute atomic E-state index is 12.4. The van der Waals surface area contributed by atoms with Gasteiger partial charge in [0.1, 0.15) is 0 Å². The highest BCUT2D eigenvalue weighted by Gasteiger charge is 2.66. The number of allylic oxidation sites excluding steroid dienone is 7. The zero-order chi connectivity index (χ0) is 21.7. The number of aliphatic hydroxyl groups excluding tert-OH is 1. The van der Waals surface area contributed by atoms with Gasteiger partial charge in [-0.2, -0.15) is 0 Å². The largest absolute Gasteiger partial charge is 0.504 e. The van der Waals surface area contributed by atoms with E-state index in [9.17, 15) is 9.90 Å². The van der Waals surface area contributed by atoms with Gasteiger partial charge in [0.15, 0.2) is 5.76 Å². The molecule has 0 heterocycles. The molecule has 0 radical (unpaired) electrons. The lowest BCUT2D eigenvalue weighted by Crippen LogP contribution is -2.61. The molecular formula is C28H38O2. The Morgan fingerprint density at radius 3 is 2.30 bits per heavy atom. The Morgan fingerprint density at radius 2 is 1.57 bits per heavy atom. The summed E-state index contributed by atoms with van der Waals surface area (Å²) in [6.07, 6.45) is 16.8. The summed E-state index contributed by atoms with van der Waals surface area (Å²) in [5, 5.41) is 9.99. The molecule has 0 aliphatic heterocycles. The van der Waals surface area contributed by atoms with Crippen LogP contribution < -0.4 is 0 Å². The number of carbonyl (C=O) groups excluding carboxylic acids is 1. The summed E-state index contributed by atoms with van der Waals surface area (Å²) in [4.78, 5) is 12.4. The van der Waals surface area contributed by atoms with E-state index in [0.717, 1.165) is 23.5 Å². The number of hydrogen-bond donors (Lipinski definition) is 1. The Balaban J connectivity index is 1.64. The molecule has 5 rings (SSSR count). The molecule has 3 saturated carbocycles. The van der Waals surface area contributed by atoms with Crippen LogP contribution in [0.2, 0.25) is 0 Å². The first-order chi connectivity index (χ1) is 13.8. The first-order valence-electron chi connectivity index (χ1n) is 12.0. The van der Waals surface area contributed by atoms with Gasteiger partial charge in [-0.3, -0.25) is 4.79 Å². The van der Waals surface area contributed by atoms with Crippen molar-refractivity contribution >= 4 is 5.78 Å². The molecule has 30 heavy (non-hydrogen) atoms. The van der Waals surface area contributed by atoms with Crippen LogP contribution >= 0.6 is 0 Å². The summed E-state index contributed by atoms with van der Waals surface area (Å²) < 4.78 is 0. The van der Waals surface area contributed by atoms with E-state index >= 15 is 0 Å². The van der Waals surface area contributed by atoms with Crippen molar-refractivity contribution in [2.75, 3.05) is 0 Å². The number of ketones is 1. The molecule has 1 N–H and O–H groups in total. The number of hydrogen-bond acceptors (Lipinski definition) is 2. The molecule has 162 valence electrons. The van der Waals surface area contributed by atoms with E-state index in [1.54, 1.807) is 12.2 Å². The monoisotopic (exact) mass is 406 g/mol. The summed E-state index contributed by atoms with van der Waals surface area (Å²) in [6.45, 7) is 15.0. The predicted molar refractivity (Wildman–Crippen MR) is 122 cm³/mol. The van der Waals surface area contributed by atoms with Crippen LogP contribution in [0.3, 0.4) is 0 Å². The number of aliphatic hydroxyl groups is 1. The van der Waals surface area contributed by atoms with Gasteiger partial charge in [0.05, 0.1) is 0 Å². The molecule has 2 heteroatoms. The van der Waals surface area contributed by atoms with E-state index in [0.29, 0.717) is 10.8 Å². The van der Waals surface area contributed by atoms with Gasteiger partial charge in [-0.1, -0.05) is 59.3 Å². The average Bonchev–Trinajstić information content (AvgIpc) is 2.67. The summed E-state index contributed by atoms with van der Waals surface area (Å²) in [6, 6.07) is 0. The Morgan fingerprint density at radius 1 is 0.867 bits per heavy atom. The molecule has 3 fully saturated rings. The van der Waals surface area contributed by atoms with Gasteiger partial charge in [-0.25, -0.2) is 0 Å². The minimum Gasteiger partial charge on any atom is -0.504 e. The molecule has 0 aromatic heterocycles. The van der Waals surface area contributed by atoms with Crippen LogP contribution in [0.25, 0.3) is 0 Å². The van der Waals surface area contributed by atoms with Gasteiger partial charge in [0, 0.05) is 5.41 Å². The molecule has 0 amide bonds. The number of carbonyl (C=O) groups is 1. The predicted octanol–water partition coefficient (Wildman–Crippen LogP) is 7.24. The Bertz CT molecular complexity index is 959. The van der Waals surface area contributed by atoms with Crippen LogP contribution in [0.4, 0.5) is 0 Å². The van der Waals surface area contributed by atoms with Gasteiger partial charge in [-0.05, 0) is 95.8 Å². The lowest BCUT2D eigenvalue weighted by Gasteiger charge is -2.70. The highest BCUT2D eigenvalue weighted by atomic mass is 16.3. The van der Waals surface area contributed by atoms with Gasteiger partial charge < -0.3 is 5.11 Å². The van der Waals surface area contributed by atoms with Crippen molar-refractivity contribution in [3.8, 4) is 0 Å². The van der Waals surface area contributed by atoms with E-state index in [4.69, 9.17) is 0 Å². The van der Waals surface area contributed by atoms with Crippen molar-refractivity contribution in [3.63, 3.8) is 0 Å². The van der Waals surface area contributed by atoms with E-state index in [1.807, 2.05) is 0 Å². The molecule has 5 atom stereocenters. The van der Waals surface area contributed by atoms with E-state index in [1.165, 1.54) is 44.1 Å². The molecule has 2 nitrogen and oxygen atoms in total. The van der Waals surface area contributed by atoms with Gasteiger partial charge >= 0.3 is 0 Å². The van der Waals surface area contributed by atoms with E-state index in [-0.39, 0.29) is 27.8 Å². The van der Waals surface area contributed by atoms with Crippen molar-refractivity contribution in [2.45, 2.75) is 86.5 Å². The summed E-state index contributed by atoms with van der Waals surface area (Å²) >= 11 is 0. The third-order valence-electron chi connectivity index (χ3n) is 10.7. The lowest BCUT2D eigenvalue weighted by molar-refractivity contribution is -0.159. The zero-order valence-electron chi connectivity index (χ0n) is 19.7. The second-order valence-corrected chi connectivity index (χ2v) is 12.8. The van der Waals surface area contributed by atoms with Crippen molar-refractivity contribution in [1.82, 2.24) is 0 Å². The van der Waals surface area contributed by atoms with Crippen LogP contribution in [0.1, 0.15) is 86.5 Å². The zero-order valence-corrected chi connectivity index (χ0v) is 19.7. The van der Waals surface area contributed by atoms with Crippen LogP contribution in [0.15, 0.2) is 46.8 Å². The maximum Gasteiger partial charge on any atom is 0.220 e. The Hall–Kier alpha value is -1.57. The fourth-order valence-electron chi connectivity index (χ4n) is 8.37. The molecule has 5 aliphatic carbocycles. The van der Waals surface area contributed by atoms with Crippen molar-refractivity contribution < 1.29 is 9.90 Å². The molecule has 1 unspecified atom stereocenters. The molecule has 0 saturated heterocycles. The van der Waals surface area contributed by atoms with E-state index < -0.39 is 0 Å². The smallest absolute Gasteiger partial charge is 0.220 e. The number of fused-ring (bicyclic) bond motifs is 7. The van der Waals surface area contributed by atoms with Crippen LogP contribution in [-0.4, -0.2) is 10.9 Å². The standard InChI is InChI=1S/C28H38O2/c1-24(2)9-10-25(3)11-13-27(5)22-8-7-18-15-20(29)21(30)16-19(18)26(22,4)12-14-28(27,6)23(25)17-24/h7-8,15-16,23,29H,9-14,17H2,1-6H3/t23?,25-,26+,27-,28+/m1/s1. The second kappa shape index (κ2) is 5.81. The van der Waals surface area contributed by atoms with Crippen molar-refractivity contribution in [1.29, 1.82) is 0 Å². The Labute approximate surface area is 182 Å². The molecule has 0 bridgehead atoms. The molecular weight excluding hydrogens is 368 g/mol. The summed E-state index contributed by atoms with van der Waals surface area (Å²) in [5.41, 5.74) is 4.89. The summed E-state index contributed by atoms with van der Waals surface area (Å²) in [5.74, 6) is 0.373. The quantitative estimate of drug-likeness (QED) is 0.460. The second-order valence-electron chi connectivity index (χ2n) is 12.8. The van der Waals surface area contributed by atoms with Crippen molar-refractivity contribution in [3.05, 3.63) is 46.8 Å². The first-order valence-corrected chi connectivity index (χ1v) is 12.0. The lowest BCUT2D eigenvalue weighted by atomic mass is 9.34. The highest BCUT2D eigenvalue weighted by Crippen LogP contribution is 2.75. The molecule has 5 aliphatic rings. The van der Waals surface area contributed by atoms with E-state index in [2.05, 4.69) is 53.7 Å². The fourth-order valence-corrected chi connectivity index (χ4v) is 8.37. The maximum atomic E-state index is 12.4. The third kappa shape index (κ3) is 2.40. The van der Waals surface area contributed by atoms with Gasteiger partial charge in [0.2, 0.25) is 5.78 Å². The van der Waals surface area contributed by atoms with Crippen LogP contribution in [0, 0.1) is 33.0 Å². The van der Waals surface area contributed by atoms with Gasteiger partial charge in [0.25, 0.3) is 0 Å². The SMILES string of the molecule is CC1(C)CC[C@]2(C)CC[C@]3(C)C4=CC=C5C=C(O)C(=O)C=C5[C@]4(C)CC[C@@]3(C)C2C1. The molecule has 0 aromatic rings. The van der Waals surface area contributed by atoms with Gasteiger partial charge in [-0.15, -0.1) is 0 Å². The minimum atomic E-state index is -0.242. The van der Waals surface area contributed by atoms with Crippen LogP contribution in [-0.2, 0) is 4.79 Å². The molecule has 0 spiro atoms. The number of rotatable bonds is 0.